The summed E-state index contributed by atoms with van der Waals surface area (Å²) in [5, 5.41) is 0.945. The van der Waals surface area contributed by atoms with E-state index in [1.807, 2.05) is 31.2 Å². The topological polar surface area (TPSA) is 30.2 Å². The normalized spacial score (nSPS) is 12.6. The number of benzene rings is 1. The van der Waals surface area contributed by atoms with Crippen LogP contribution in [0.25, 0.3) is 11.0 Å². The third-order valence-corrected chi connectivity index (χ3v) is 2.52. The van der Waals surface area contributed by atoms with Crippen LogP contribution in [0.15, 0.2) is 52.2 Å². The Morgan fingerprint density at radius 1 is 1.33 bits per heavy atom. The molecule has 2 rings (SSSR count). The summed E-state index contributed by atoms with van der Waals surface area (Å²) in [6, 6.07) is 9.05. The fourth-order valence-electron chi connectivity index (χ4n) is 1.60. The lowest BCUT2D eigenvalue weighted by atomic mass is 9.99. The van der Waals surface area contributed by atoms with E-state index in [4.69, 9.17) is 4.42 Å². The summed E-state index contributed by atoms with van der Waals surface area (Å²) in [5.41, 5.74) is 1.35. The maximum absolute atomic E-state index is 11.2. The van der Waals surface area contributed by atoms with Crippen molar-refractivity contribution in [3.05, 3.63) is 59.0 Å². The van der Waals surface area contributed by atoms with E-state index in [0.29, 0.717) is 5.58 Å². The van der Waals surface area contributed by atoms with Gasteiger partial charge in [-0.25, -0.2) is 4.79 Å². The van der Waals surface area contributed by atoms with Gasteiger partial charge in [0.15, 0.2) is 0 Å². The first-order valence-corrected chi connectivity index (χ1v) is 4.87. The first-order chi connectivity index (χ1) is 7.22. The summed E-state index contributed by atoms with van der Waals surface area (Å²) in [5.74, 6) is 0.180. The monoisotopic (exact) mass is 200 g/mol. The van der Waals surface area contributed by atoms with Gasteiger partial charge < -0.3 is 4.42 Å². The van der Waals surface area contributed by atoms with E-state index in [0.717, 1.165) is 10.9 Å². The van der Waals surface area contributed by atoms with E-state index in [1.54, 1.807) is 6.07 Å². The first-order valence-electron chi connectivity index (χ1n) is 4.87. The predicted octanol–water partition coefficient (Wildman–Crippen LogP) is 3.08. The fourth-order valence-corrected chi connectivity index (χ4v) is 1.60. The molecule has 0 aliphatic carbocycles. The Labute approximate surface area is 87.8 Å². The zero-order chi connectivity index (χ0) is 10.8. The van der Waals surface area contributed by atoms with Crippen LogP contribution in [0.3, 0.4) is 0 Å². The molecule has 1 aromatic carbocycles. The van der Waals surface area contributed by atoms with Crippen molar-refractivity contribution in [2.24, 2.45) is 0 Å². The van der Waals surface area contributed by atoms with E-state index >= 15 is 0 Å². The molecule has 0 bridgehead atoms. The zero-order valence-electron chi connectivity index (χ0n) is 8.57. The Hall–Kier alpha value is -1.83. The van der Waals surface area contributed by atoms with Crippen molar-refractivity contribution >= 4 is 11.0 Å². The summed E-state index contributed by atoms with van der Waals surface area (Å²) >= 11 is 0. The van der Waals surface area contributed by atoms with Crippen molar-refractivity contribution in [2.45, 2.75) is 12.8 Å². The molecule has 0 aliphatic heterocycles. The molecule has 1 heterocycles. The number of para-hydroxylation sites is 1. The second-order valence-electron chi connectivity index (χ2n) is 3.54. The Morgan fingerprint density at radius 3 is 2.87 bits per heavy atom. The first kappa shape index (κ1) is 9.71. The molecule has 15 heavy (non-hydrogen) atoms. The quantitative estimate of drug-likeness (QED) is 0.550. The lowest BCUT2D eigenvalue weighted by molar-refractivity contribution is 0.556. The molecule has 0 N–H and O–H groups in total. The largest absolute Gasteiger partial charge is 0.422 e. The minimum absolute atomic E-state index is 0.180. The maximum Gasteiger partial charge on any atom is 0.336 e. The van der Waals surface area contributed by atoms with E-state index in [2.05, 4.69) is 6.58 Å². The minimum Gasteiger partial charge on any atom is -0.422 e. The average Bonchev–Trinajstić information content (AvgIpc) is 2.27. The molecule has 2 aromatic rings. The fraction of sp³-hybridized carbons (Fsp3) is 0.154. The van der Waals surface area contributed by atoms with Crippen LogP contribution in [0.5, 0.6) is 0 Å². The van der Waals surface area contributed by atoms with Crippen molar-refractivity contribution in [2.75, 3.05) is 0 Å². The Bertz CT molecular complexity index is 552. The smallest absolute Gasteiger partial charge is 0.336 e. The van der Waals surface area contributed by atoms with Crippen LogP contribution in [0, 0.1) is 0 Å². The molecule has 0 saturated heterocycles. The summed E-state index contributed by atoms with van der Waals surface area (Å²) in [7, 11) is 0. The van der Waals surface area contributed by atoms with Gasteiger partial charge >= 0.3 is 5.63 Å². The van der Waals surface area contributed by atoms with Crippen LogP contribution in [0.1, 0.15) is 18.4 Å². The number of allylic oxidation sites excluding steroid dienone is 1. The molecule has 0 spiro atoms. The lowest BCUT2D eigenvalue weighted by Gasteiger charge is -2.08. The van der Waals surface area contributed by atoms with Gasteiger partial charge in [-0.2, -0.15) is 0 Å². The standard InChI is InChI=1S/C13H12O2/c1-3-9(2)11-6-4-5-10-7-8-12(14)15-13(10)11/h3-9H,1H2,2H3. The third-order valence-electron chi connectivity index (χ3n) is 2.52. The van der Waals surface area contributed by atoms with E-state index in [-0.39, 0.29) is 11.5 Å². The second kappa shape index (κ2) is 3.73. The molecular weight excluding hydrogens is 188 g/mol. The van der Waals surface area contributed by atoms with Crippen molar-refractivity contribution in [3.63, 3.8) is 0 Å². The van der Waals surface area contributed by atoms with Gasteiger partial charge in [-0.15, -0.1) is 6.58 Å². The van der Waals surface area contributed by atoms with Gasteiger partial charge in [0.25, 0.3) is 0 Å². The highest BCUT2D eigenvalue weighted by molar-refractivity contribution is 5.80. The van der Waals surface area contributed by atoms with Crippen LogP contribution in [-0.4, -0.2) is 0 Å². The van der Waals surface area contributed by atoms with Gasteiger partial charge in [-0.05, 0) is 6.07 Å². The third kappa shape index (κ3) is 1.71. The molecule has 0 saturated carbocycles. The van der Waals surface area contributed by atoms with Gasteiger partial charge in [0.2, 0.25) is 0 Å². The molecule has 76 valence electrons. The minimum atomic E-state index is -0.314. The molecule has 1 unspecified atom stereocenters. The Kier molecular flexibility index (Phi) is 2.42. The predicted molar refractivity (Wildman–Crippen MR) is 61.1 cm³/mol. The molecule has 0 radical (unpaired) electrons. The highest BCUT2D eigenvalue weighted by Crippen LogP contribution is 2.24. The Morgan fingerprint density at radius 2 is 2.13 bits per heavy atom. The number of rotatable bonds is 2. The Balaban J connectivity index is 2.79. The summed E-state index contributed by atoms with van der Waals surface area (Å²) < 4.78 is 5.21. The number of hydrogen-bond acceptors (Lipinski definition) is 2. The maximum atomic E-state index is 11.2. The molecule has 1 atom stereocenters. The van der Waals surface area contributed by atoms with Crippen LogP contribution < -0.4 is 5.63 Å². The molecular formula is C13H12O2. The van der Waals surface area contributed by atoms with E-state index in [1.165, 1.54) is 6.07 Å². The molecule has 0 amide bonds. The van der Waals surface area contributed by atoms with Gasteiger partial charge in [-0.1, -0.05) is 31.2 Å². The van der Waals surface area contributed by atoms with Crippen molar-refractivity contribution in [1.82, 2.24) is 0 Å². The zero-order valence-corrected chi connectivity index (χ0v) is 8.57. The van der Waals surface area contributed by atoms with Crippen molar-refractivity contribution < 1.29 is 4.42 Å². The van der Waals surface area contributed by atoms with E-state index in [9.17, 15) is 4.79 Å². The molecule has 0 aliphatic rings. The van der Waals surface area contributed by atoms with Crippen molar-refractivity contribution in [3.8, 4) is 0 Å². The van der Waals surface area contributed by atoms with Crippen molar-refractivity contribution in [1.29, 1.82) is 0 Å². The lowest BCUT2D eigenvalue weighted by Crippen LogP contribution is -1.98. The van der Waals surface area contributed by atoms with Crippen LogP contribution in [-0.2, 0) is 0 Å². The SMILES string of the molecule is C=CC(C)c1cccc2ccc(=O)oc12. The second-order valence-corrected chi connectivity index (χ2v) is 3.54. The highest BCUT2D eigenvalue weighted by Gasteiger charge is 2.08. The molecule has 1 aromatic heterocycles. The number of fused-ring (bicyclic) bond motifs is 1. The molecule has 2 nitrogen and oxygen atoms in total. The number of hydrogen-bond donors (Lipinski definition) is 0. The molecule has 2 heteroatoms. The van der Waals surface area contributed by atoms with Crippen LogP contribution >= 0.6 is 0 Å². The summed E-state index contributed by atoms with van der Waals surface area (Å²) in [4.78, 5) is 11.2. The highest BCUT2D eigenvalue weighted by atomic mass is 16.4. The van der Waals surface area contributed by atoms with Gasteiger partial charge in [-0.3, -0.25) is 0 Å². The van der Waals surface area contributed by atoms with Crippen LogP contribution in [0.4, 0.5) is 0 Å². The van der Waals surface area contributed by atoms with E-state index < -0.39 is 0 Å². The van der Waals surface area contributed by atoms with Gasteiger partial charge in [0.05, 0.1) is 0 Å². The summed E-state index contributed by atoms with van der Waals surface area (Å²) in [6.07, 6.45) is 1.84. The molecule has 0 fully saturated rings. The van der Waals surface area contributed by atoms with Crippen LogP contribution in [0.2, 0.25) is 0 Å². The average molecular weight is 200 g/mol. The van der Waals surface area contributed by atoms with Gasteiger partial charge in [0.1, 0.15) is 5.58 Å². The summed E-state index contributed by atoms with van der Waals surface area (Å²) in [6.45, 7) is 5.77. The van der Waals surface area contributed by atoms with Gasteiger partial charge in [0, 0.05) is 22.9 Å².